The molecule has 0 saturated heterocycles. The Hall–Kier alpha value is -3.59. The standard InChI is InChI=1S/C30H32N2O/c1-24(28-20-12-21-31-28)23-30(26-16-7-3-8-17-26,27-18-9-4-10-19-27)29(33)32-22-11-15-25-13-5-2-6-14-25/h2-10,12-14,16-21,24,31H,11,15,22-23H2,1H3,(H,32,33). The molecular formula is C30H32N2O. The highest BCUT2D eigenvalue weighted by molar-refractivity contribution is 5.92. The van der Waals surface area contributed by atoms with Gasteiger partial charge in [-0.15, -0.1) is 0 Å². The van der Waals surface area contributed by atoms with E-state index in [4.69, 9.17) is 0 Å². The molecule has 1 amide bonds. The Labute approximate surface area is 196 Å². The highest BCUT2D eigenvalue weighted by Crippen LogP contribution is 2.41. The Kier molecular flexibility index (Phi) is 7.41. The van der Waals surface area contributed by atoms with Crippen LogP contribution >= 0.6 is 0 Å². The summed E-state index contributed by atoms with van der Waals surface area (Å²) in [6.07, 6.45) is 4.47. The molecule has 0 spiro atoms. The lowest BCUT2D eigenvalue weighted by Gasteiger charge is -2.36. The molecule has 3 heteroatoms. The van der Waals surface area contributed by atoms with Crippen LogP contribution in [0.3, 0.4) is 0 Å². The first-order valence-electron chi connectivity index (χ1n) is 11.8. The van der Waals surface area contributed by atoms with Crippen molar-refractivity contribution < 1.29 is 4.79 Å². The molecule has 0 aliphatic rings. The van der Waals surface area contributed by atoms with E-state index in [1.165, 1.54) is 5.56 Å². The quantitative estimate of drug-likeness (QED) is 0.284. The van der Waals surface area contributed by atoms with Gasteiger partial charge in [-0.05, 0) is 54.0 Å². The first kappa shape index (κ1) is 22.6. The number of nitrogens with one attached hydrogen (secondary N) is 2. The van der Waals surface area contributed by atoms with Crippen LogP contribution in [0.4, 0.5) is 0 Å². The average molecular weight is 437 g/mol. The minimum Gasteiger partial charge on any atom is -0.365 e. The van der Waals surface area contributed by atoms with Gasteiger partial charge in [-0.1, -0.05) is 97.9 Å². The monoisotopic (exact) mass is 436 g/mol. The summed E-state index contributed by atoms with van der Waals surface area (Å²) in [5.74, 6) is 0.238. The van der Waals surface area contributed by atoms with Crippen LogP contribution in [0.2, 0.25) is 0 Å². The smallest absolute Gasteiger partial charge is 0.235 e. The molecule has 0 aliphatic carbocycles. The van der Waals surface area contributed by atoms with Crippen LogP contribution in [0.5, 0.6) is 0 Å². The second kappa shape index (κ2) is 10.8. The Balaban J connectivity index is 1.63. The second-order valence-electron chi connectivity index (χ2n) is 8.71. The summed E-state index contributed by atoms with van der Waals surface area (Å²) in [6, 6.07) is 35.0. The fraction of sp³-hybridized carbons (Fsp3) is 0.233. The number of aromatic nitrogens is 1. The van der Waals surface area contributed by atoms with E-state index in [1.54, 1.807) is 0 Å². The Morgan fingerprint density at radius 1 is 0.818 bits per heavy atom. The summed E-state index contributed by atoms with van der Waals surface area (Å²) in [7, 11) is 0. The summed E-state index contributed by atoms with van der Waals surface area (Å²) in [6.45, 7) is 2.83. The van der Waals surface area contributed by atoms with Gasteiger partial charge in [0.2, 0.25) is 5.91 Å². The summed E-state index contributed by atoms with van der Waals surface area (Å²) >= 11 is 0. The molecule has 168 valence electrons. The molecule has 1 heterocycles. The number of amides is 1. The molecule has 3 nitrogen and oxygen atoms in total. The van der Waals surface area contributed by atoms with Gasteiger partial charge >= 0.3 is 0 Å². The zero-order valence-electron chi connectivity index (χ0n) is 19.2. The number of aryl methyl sites for hydroxylation is 1. The van der Waals surface area contributed by atoms with Gasteiger partial charge < -0.3 is 10.3 Å². The molecule has 1 aromatic heterocycles. The second-order valence-corrected chi connectivity index (χ2v) is 8.71. The highest BCUT2D eigenvalue weighted by atomic mass is 16.2. The third-order valence-electron chi connectivity index (χ3n) is 6.46. The SMILES string of the molecule is CC(CC(C(=O)NCCCc1ccccc1)(c1ccccc1)c1ccccc1)c1ccc[nH]1. The topological polar surface area (TPSA) is 44.9 Å². The van der Waals surface area contributed by atoms with Gasteiger partial charge in [-0.3, -0.25) is 4.79 Å². The molecule has 0 radical (unpaired) electrons. The highest BCUT2D eigenvalue weighted by Gasteiger charge is 2.43. The molecule has 2 N–H and O–H groups in total. The number of benzene rings is 3. The van der Waals surface area contributed by atoms with Gasteiger partial charge in [0.05, 0.1) is 5.41 Å². The molecule has 1 unspecified atom stereocenters. The number of hydrogen-bond donors (Lipinski definition) is 2. The minimum atomic E-state index is -0.778. The molecule has 0 aliphatic heterocycles. The van der Waals surface area contributed by atoms with E-state index in [-0.39, 0.29) is 11.8 Å². The maximum Gasteiger partial charge on any atom is 0.235 e. The largest absolute Gasteiger partial charge is 0.365 e. The first-order chi connectivity index (χ1) is 16.2. The van der Waals surface area contributed by atoms with Crippen molar-refractivity contribution in [2.75, 3.05) is 6.54 Å². The van der Waals surface area contributed by atoms with Crippen LogP contribution < -0.4 is 5.32 Å². The van der Waals surface area contributed by atoms with Gasteiger partial charge in [0, 0.05) is 18.4 Å². The average Bonchev–Trinajstić information content (AvgIpc) is 3.42. The lowest BCUT2D eigenvalue weighted by molar-refractivity contribution is -0.125. The summed E-state index contributed by atoms with van der Waals surface area (Å²) in [5.41, 5.74) is 3.71. The molecule has 0 fully saturated rings. The molecule has 4 rings (SSSR count). The van der Waals surface area contributed by atoms with Crippen molar-refractivity contribution in [3.63, 3.8) is 0 Å². The number of carbonyl (C=O) groups is 1. The summed E-state index contributed by atoms with van der Waals surface area (Å²) < 4.78 is 0. The number of aromatic amines is 1. The zero-order valence-corrected chi connectivity index (χ0v) is 19.2. The van der Waals surface area contributed by atoms with Crippen molar-refractivity contribution in [3.05, 3.63) is 132 Å². The Morgan fingerprint density at radius 3 is 1.94 bits per heavy atom. The number of carbonyl (C=O) groups excluding carboxylic acids is 1. The molecule has 4 aromatic rings. The molecule has 3 aromatic carbocycles. The van der Waals surface area contributed by atoms with Gasteiger partial charge in [0.25, 0.3) is 0 Å². The zero-order chi connectivity index (χ0) is 22.9. The third kappa shape index (κ3) is 5.25. The summed E-state index contributed by atoms with van der Waals surface area (Å²) in [4.78, 5) is 17.4. The van der Waals surface area contributed by atoms with Crippen LogP contribution in [0.25, 0.3) is 0 Å². The lowest BCUT2D eigenvalue weighted by Crippen LogP contribution is -2.46. The minimum absolute atomic E-state index is 0.0615. The molecular weight excluding hydrogens is 404 g/mol. The van der Waals surface area contributed by atoms with Gasteiger partial charge in [-0.25, -0.2) is 0 Å². The van der Waals surface area contributed by atoms with Crippen molar-refractivity contribution in [2.45, 2.75) is 37.5 Å². The third-order valence-corrected chi connectivity index (χ3v) is 6.46. The van der Waals surface area contributed by atoms with Crippen LogP contribution in [0.15, 0.2) is 109 Å². The Bertz CT molecular complexity index is 1070. The number of H-pyrrole nitrogens is 1. The first-order valence-corrected chi connectivity index (χ1v) is 11.8. The maximum absolute atomic E-state index is 14.1. The number of hydrogen-bond acceptors (Lipinski definition) is 1. The van der Waals surface area contributed by atoms with E-state index in [2.05, 4.69) is 71.8 Å². The van der Waals surface area contributed by atoms with E-state index in [1.807, 2.05) is 54.7 Å². The van der Waals surface area contributed by atoms with Crippen molar-refractivity contribution in [1.29, 1.82) is 0 Å². The van der Waals surface area contributed by atoms with Crippen LogP contribution in [-0.4, -0.2) is 17.4 Å². The van der Waals surface area contributed by atoms with E-state index in [0.29, 0.717) is 13.0 Å². The Morgan fingerprint density at radius 2 is 1.39 bits per heavy atom. The molecule has 1 atom stereocenters. The fourth-order valence-electron chi connectivity index (χ4n) is 4.71. The van der Waals surface area contributed by atoms with E-state index in [9.17, 15) is 4.79 Å². The van der Waals surface area contributed by atoms with Crippen molar-refractivity contribution in [2.24, 2.45) is 0 Å². The normalized spacial score (nSPS) is 12.3. The van der Waals surface area contributed by atoms with Crippen molar-refractivity contribution in [3.8, 4) is 0 Å². The van der Waals surface area contributed by atoms with Crippen molar-refractivity contribution in [1.82, 2.24) is 10.3 Å². The predicted molar refractivity (Wildman–Crippen MR) is 135 cm³/mol. The van der Waals surface area contributed by atoms with E-state index >= 15 is 0 Å². The van der Waals surface area contributed by atoms with Gasteiger partial charge in [0.15, 0.2) is 0 Å². The van der Waals surface area contributed by atoms with E-state index in [0.717, 1.165) is 29.7 Å². The van der Waals surface area contributed by atoms with E-state index < -0.39 is 5.41 Å². The van der Waals surface area contributed by atoms with Gasteiger partial charge in [-0.2, -0.15) is 0 Å². The summed E-state index contributed by atoms with van der Waals surface area (Å²) in [5, 5.41) is 3.29. The molecule has 0 bridgehead atoms. The fourth-order valence-corrected chi connectivity index (χ4v) is 4.71. The van der Waals surface area contributed by atoms with Crippen LogP contribution in [-0.2, 0) is 16.6 Å². The molecule has 0 saturated carbocycles. The van der Waals surface area contributed by atoms with Crippen LogP contribution in [0, 0.1) is 0 Å². The van der Waals surface area contributed by atoms with Gasteiger partial charge in [0.1, 0.15) is 0 Å². The molecule has 33 heavy (non-hydrogen) atoms. The maximum atomic E-state index is 14.1. The lowest BCUT2D eigenvalue weighted by atomic mass is 9.68. The van der Waals surface area contributed by atoms with Crippen LogP contribution in [0.1, 0.15) is 48.1 Å². The van der Waals surface area contributed by atoms with Crippen molar-refractivity contribution >= 4 is 5.91 Å². The number of rotatable bonds is 10. The predicted octanol–water partition coefficient (Wildman–Crippen LogP) is 6.24.